The molecule has 8 heteroatoms. The SMILES string of the molecule is CC(=O)Nc1ccc(S(=O)(=O)N2CC=C[C@@H]2C(=O)NCCc2ccccc2)cc1. The second kappa shape index (κ2) is 9.02. The number of carbonyl (C=O) groups is 2. The summed E-state index contributed by atoms with van der Waals surface area (Å²) < 4.78 is 27.2. The van der Waals surface area contributed by atoms with E-state index in [1.54, 1.807) is 12.2 Å². The molecule has 2 N–H and O–H groups in total. The fourth-order valence-electron chi connectivity index (χ4n) is 3.10. The van der Waals surface area contributed by atoms with Gasteiger partial charge in [-0.3, -0.25) is 9.59 Å². The minimum absolute atomic E-state index is 0.0670. The number of anilines is 1. The highest BCUT2D eigenvalue weighted by atomic mass is 32.2. The second-order valence-corrected chi connectivity index (χ2v) is 8.57. The Morgan fingerprint density at radius 2 is 1.76 bits per heavy atom. The first-order valence-corrected chi connectivity index (χ1v) is 10.7. The van der Waals surface area contributed by atoms with Crippen molar-refractivity contribution in [2.75, 3.05) is 18.4 Å². The molecular formula is C21H23N3O4S. The average Bonchev–Trinajstić information content (AvgIpc) is 3.20. The molecule has 7 nitrogen and oxygen atoms in total. The molecule has 0 unspecified atom stereocenters. The highest BCUT2D eigenvalue weighted by Crippen LogP contribution is 2.23. The lowest BCUT2D eigenvalue weighted by Crippen LogP contribution is -2.46. The molecule has 2 amide bonds. The lowest BCUT2D eigenvalue weighted by atomic mass is 10.1. The molecule has 0 aromatic heterocycles. The Morgan fingerprint density at radius 1 is 1.07 bits per heavy atom. The van der Waals surface area contributed by atoms with E-state index in [-0.39, 0.29) is 23.3 Å². The summed E-state index contributed by atoms with van der Waals surface area (Å²) in [7, 11) is -3.86. The van der Waals surface area contributed by atoms with Crippen molar-refractivity contribution < 1.29 is 18.0 Å². The Bertz CT molecular complexity index is 1000. The van der Waals surface area contributed by atoms with Gasteiger partial charge >= 0.3 is 0 Å². The van der Waals surface area contributed by atoms with Crippen LogP contribution in [-0.4, -0.2) is 43.7 Å². The van der Waals surface area contributed by atoms with Gasteiger partial charge in [-0.05, 0) is 36.2 Å². The monoisotopic (exact) mass is 413 g/mol. The molecule has 0 bridgehead atoms. The zero-order chi connectivity index (χ0) is 20.9. The van der Waals surface area contributed by atoms with Crippen molar-refractivity contribution in [1.29, 1.82) is 0 Å². The number of hydrogen-bond acceptors (Lipinski definition) is 4. The zero-order valence-corrected chi connectivity index (χ0v) is 16.9. The van der Waals surface area contributed by atoms with Gasteiger partial charge in [0.15, 0.2) is 0 Å². The topological polar surface area (TPSA) is 95.6 Å². The lowest BCUT2D eigenvalue weighted by Gasteiger charge is -2.23. The standard InChI is InChI=1S/C21H23N3O4S/c1-16(25)23-18-9-11-19(12-10-18)29(27,28)24-15-5-8-20(24)21(26)22-14-13-17-6-3-2-4-7-17/h2-12,20H,13-15H2,1H3,(H,22,26)(H,23,25)/t20-/m1/s1. The smallest absolute Gasteiger partial charge is 0.244 e. The van der Waals surface area contributed by atoms with E-state index in [4.69, 9.17) is 0 Å². The minimum Gasteiger partial charge on any atom is -0.354 e. The number of rotatable bonds is 7. The summed E-state index contributed by atoms with van der Waals surface area (Å²) in [5.74, 6) is -0.593. The summed E-state index contributed by atoms with van der Waals surface area (Å²) in [6, 6.07) is 14.7. The molecule has 1 atom stereocenters. The summed E-state index contributed by atoms with van der Waals surface area (Å²) in [4.78, 5) is 23.8. The zero-order valence-electron chi connectivity index (χ0n) is 16.0. The predicted molar refractivity (Wildman–Crippen MR) is 111 cm³/mol. The van der Waals surface area contributed by atoms with Crippen molar-refractivity contribution in [3.05, 3.63) is 72.3 Å². The van der Waals surface area contributed by atoms with Gasteiger partial charge in [-0.1, -0.05) is 42.5 Å². The third-order valence-electron chi connectivity index (χ3n) is 4.52. The molecule has 1 aliphatic heterocycles. The number of benzene rings is 2. The van der Waals surface area contributed by atoms with Gasteiger partial charge in [0.25, 0.3) is 0 Å². The van der Waals surface area contributed by atoms with E-state index < -0.39 is 16.1 Å². The van der Waals surface area contributed by atoms with Gasteiger partial charge in [-0.25, -0.2) is 8.42 Å². The molecule has 0 radical (unpaired) electrons. The van der Waals surface area contributed by atoms with Crippen LogP contribution in [0.15, 0.2) is 71.6 Å². The van der Waals surface area contributed by atoms with Gasteiger partial charge in [0.1, 0.15) is 6.04 Å². The normalized spacial score (nSPS) is 16.5. The van der Waals surface area contributed by atoms with Crippen LogP contribution in [0, 0.1) is 0 Å². The number of nitrogens with zero attached hydrogens (tertiary/aromatic N) is 1. The average molecular weight is 413 g/mol. The first-order valence-electron chi connectivity index (χ1n) is 9.26. The lowest BCUT2D eigenvalue weighted by molar-refractivity contribution is -0.123. The van der Waals surface area contributed by atoms with Crippen LogP contribution in [0.4, 0.5) is 5.69 Å². The number of carbonyl (C=O) groups excluding carboxylic acids is 2. The number of nitrogens with one attached hydrogen (secondary N) is 2. The maximum atomic E-state index is 13.0. The van der Waals surface area contributed by atoms with Crippen molar-refractivity contribution in [2.45, 2.75) is 24.3 Å². The second-order valence-electron chi connectivity index (χ2n) is 6.68. The van der Waals surface area contributed by atoms with Crippen LogP contribution in [0.2, 0.25) is 0 Å². The van der Waals surface area contributed by atoms with E-state index in [0.717, 1.165) is 9.87 Å². The van der Waals surface area contributed by atoms with Crippen LogP contribution in [0.3, 0.4) is 0 Å². The number of amides is 2. The van der Waals surface area contributed by atoms with E-state index in [2.05, 4.69) is 10.6 Å². The predicted octanol–water partition coefficient (Wildman–Crippen LogP) is 1.93. The summed E-state index contributed by atoms with van der Waals surface area (Å²) in [5.41, 5.74) is 1.60. The Hall–Kier alpha value is -2.97. The van der Waals surface area contributed by atoms with Crippen LogP contribution < -0.4 is 10.6 Å². The van der Waals surface area contributed by atoms with E-state index in [9.17, 15) is 18.0 Å². The maximum absolute atomic E-state index is 13.0. The van der Waals surface area contributed by atoms with Crippen LogP contribution in [0.25, 0.3) is 0 Å². The van der Waals surface area contributed by atoms with Crippen molar-refractivity contribution in [3.8, 4) is 0 Å². The van der Waals surface area contributed by atoms with Gasteiger partial charge < -0.3 is 10.6 Å². The first-order chi connectivity index (χ1) is 13.9. The number of sulfonamides is 1. The Morgan fingerprint density at radius 3 is 2.41 bits per heavy atom. The van der Waals surface area contributed by atoms with Gasteiger partial charge in [0.05, 0.1) is 4.90 Å². The summed E-state index contributed by atoms with van der Waals surface area (Å²) in [6.45, 7) is 1.93. The van der Waals surface area contributed by atoms with Crippen LogP contribution in [0.5, 0.6) is 0 Å². The fourth-order valence-corrected chi connectivity index (χ4v) is 4.60. The Labute approximate surface area is 170 Å². The van der Waals surface area contributed by atoms with Gasteiger partial charge in [-0.2, -0.15) is 4.31 Å². The molecule has 0 aliphatic carbocycles. The highest BCUT2D eigenvalue weighted by Gasteiger charge is 2.36. The molecular weight excluding hydrogens is 390 g/mol. The van der Waals surface area contributed by atoms with Crippen molar-refractivity contribution in [1.82, 2.24) is 9.62 Å². The minimum atomic E-state index is -3.86. The third-order valence-corrected chi connectivity index (χ3v) is 6.38. The molecule has 0 fully saturated rings. The molecule has 1 heterocycles. The molecule has 152 valence electrons. The van der Waals surface area contributed by atoms with E-state index >= 15 is 0 Å². The quantitative estimate of drug-likeness (QED) is 0.678. The fraction of sp³-hybridized carbons (Fsp3) is 0.238. The van der Waals surface area contributed by atoms with Crippen molar-refractivity contribution >= 4 is 27.5 Å². The van der Waals surface area contributed by atoms with E-state index in [1.165, 1.54) is 31.2 Å². The molecule has 29 heavy (non-hydrogen) atoms. The molecule has 3 rings (SSSR count). The summed E-state index contributed by atoms with van der Waals surface area (Å²) in [5, 5.41) is 5.41. The van der Waals surface area contributed by atoms with Crippen LogP contribution in [-0.2, 0) is 26.0 Å². The molecule has 0 saturated heterocycles. The number of hydrogen-bond donors (Lipinski definition) is 2. The van der Waals surface area contributed by atoms with Crippen molar-refractivity contribution in [2.24, 2.45) is 0 Å². The van der Waals surface area contributed by atoms with Gasteiger partial charge in [0, 0.05) is 25.7 Å². The van der Waals surface area contributed by atoms with Crippen molar-refractivity contribution in [3.63, 3.8) is 0 Å². The third kappa shape index (κ3) is 5.10. The van der Waals surface area contributed by atoms with Gasteiger partial charge in [-0.15, -0.1) is 0 Å². The Kier molecular flexibility index (Phi) is 6.46. The molecule has 2 aromatic carbocycles. The maximum Gasteiger partial charge on any atom is 0.244 e. The molecule has 1 aliphatic rings. The largest absolute Gasteiger partial charge is 0.354 e. The van der Waals surface area contributed by atoms with E-state index in [0.29, 0.717) is 18.7 Å². The summed E-state index contributed by atoms with van der Waals surface area (Å²) >= 11 is 0. The van der Waals surface area contributed by atoms with E-state index in [1.807, 2.05) is 30.3 Å². The first kappa shape index (κ1) is 20.8. The van der Waals surface area contributed by atoms with Crippen LogP contribution in [0.1, 0.15) is 12.5 Å². The Balaban J connectivity index is 1.65. The molecule has 2 aromatic rings. The summed E-state index contributed by atoms with van der Waals surface area (Å²) in [6.07, 6.45) is 3.94. The van der Waals surface area contributed by atoms with Crippen LogP contribution >= 0.6 is 0 Å². The molecule has 0 saturated carbocycles. The van der Waals surface area contributed by atoms with Gasteiger partial charge in [0.2, 0.25) is 21.8 Å². The highest BCUT2D eigenvalue weighted by molar-refractivity contribution is 7.89. The molecule has 0 spiro atoms.